The van der Waals surface area contributed by atoms with Crippen LogP contribution in [0.4, 0.5) is 11.4 Å². The van der Waals surface area contributed by atoms with E-state index >= 15 is 0 Å². The van der Waals surface area contributed by atoms with Crippen LogP contribution in [-0.4, -0.2) is 66.3 Å². The van der Waals surface area contributed by atoms with Crippen molar-refractivity contribution in [3.63, 3.8) is 0 Å². The van der Waals surface area contributed by atoms with Gasteiger partial charge in [-0.2, -0.15) is 5.10 Å². The van der Waals surface area contributed by atoms with Gasteiger partial charge < -0.3 is 19.9 Å². The third-order valence-electron chi connectivity index (χ3n) is 6.82. The highest BCUT2D eigenvalue weighted by Gasteiger charge is 2.19. The standard InChI is InChI=1S/C29H32N6O2/c1-19-17-23(28-30-20(2)32-33-28)9-11-25(19)21-5-7-22(8-6-21)29(36)31-24-10-12-27(37-4)26(18-24)35-15-13-34(3)14-16-35/h5-12,17-18H,13-16H2,1-4H3,(H,31,36)(H,30,32,33). The minimum absolute atomic E-state index is 0.145. The SMILES string of the molecule is COc1ccc(NC(=O)c2ccc(-c3ccc(-c4n[nH]c(C)n4)cc3C)cc2)cc1N1CCN(C)CC1. The fourth-order valence-electron chi connectivity index (χ4n) is 4.67. The van der Waals surface area contributed by atoms with Gasteiger partial charge in [0.15, 0.2) is 5.82 Å². The molecule has 1 saturated heterocycles. The van der Waals surface area contributed by atoms with Gasteiger partial charge in [-0.1, -0.05) is 24.3 Å². The molecule has 3 aromatic carbocycles. The third kappa shape index (κ3) is 5.34. The minimum Gasteiger partial charge on any atom is -0.495 e. The monoisotopic (exact) mass is 496 g/mol. The molecule has 8 nitrogen and oxygen atoms in total. The molecule has 0 aliphatic carbocycles. The lowest BCUT2D eigenvalue weighted by atomic mass is 9.97. The number of aromatic amines is 1. The number of carbonyl (C=O) groups is 1. The molecule has 2 heterocycles. The number of aromatic nitrogens is 3. The maximum atomic E-state index is 13.0. The van der Waals surface area contributed by atoms with Crippen LogP contribution in [0.2, 0.25) is 0 Å². The topological polar surface area (TPSA) is 86.4 Å². The summed E-state index contributed by atoms with van der Waals surface area (Å²) in [4.78, 5) is 22.1. The molecule has 1 fully saturated rings. The molecule has 0 saturated carbocycles. The second-order valence-electron chi connectivity index (χ2n) is 9.48. The van der Waals surface area contributed by atoms with Crippen LogP contribution in [0.1, 0.15) is 21.7 Å². The van der Waals surface area contributed by atoms with Gasteiger partial charge in [0.05, 0.1) is 12.8 Å². The number of nitrogens with one attached hydrogen (secondary N) is 2. The molecule has 0 unspecified atom stereocenters. The van der Waals surface area contributed by atoms with E-state index in [0.29, 0.717) is 11.4 Å². The van der Waals surface area contributed by atoms with E-state index in [4.69, 9.17) is 4.74 Å². The van der Waals surface area contributed by atoms with Crippen LogP contribution in [0, 0.1) is 13.8 Å². The number of piperazine rings is 1. The number of likely N-dealkylation sites (N-methyl/N-ethyl adjacent to an activating group) is 1. The van der Waals surface area contributed by atoms with Crippen molar-refractivity contribution in [2.24, 2.45) is 0 Å². The third-order valence-corrected chi connectivity index (χ3v) is 6.82. The van der Waals surface area contributed by atoms with Gasteiger partial charge in [0.25, 0.3) is 5.91 Å². The van der Waals surface area contributed by atoms with Gasteiger partial charge in [0, 0.05) is 43.0 Å². The molecule has 4 aromatic rings. The van der Waals surface area contributed by atoms with Crippen molar-refractivity contribution < 1.29 is 9.53 Å². The number of methoxy groups -OCH3 is 1. The average molecular weight is 497 g/mol. The highest BCUT2D eigenvalue weighted by Crippen LogP contribution is 2.32. The van der Waals surface area contributed by atoms with Crippen molar-refractivity contribution in [3.05, 3.63) is 77.6 Å². The molecule has 2 N–H and O–H groups in total. The zero-order chi connectivity index (χ0) is 25.9. The summed E-state index contributed by atoms with van der Waals surface area (Å²) in [6, 6.07) is 19.7. The van der Waals surface area contributed by atoms with Crippen LogP contribution in [0.3, 0.4) is 0 Å². The first-order chi connectivity index (χ1) is 17.9. The smallest absolute Gasteiger partial charge is 0.255 e. The quantitative estimate of drug-likeness (QED) is 0.400. The first-order valence-corrected chi connectivity index (χ1v) is 12.4. The molecule has 0 bridgehead atoms. The number of H-pyrrole nitrogens is 1. The van der Waals surface area contributed by atoms with Gasteiger partial charge in [-0.05, 0) is 74.0 Å². The fraction of sp³-hybridized carbons (Fsp3) is 0.276. The van der Waals surface area contributed by atoms with Crippen molar-refractivity contribution in [2.75, 3.05) is 50.6 Å². The molecule has 1 aromatic heterocycles. The molecule has 1 aliphatic heterocycles. The van der Waals surface area contributed by atoms with E-state index in [2.05, 4.69) is 56.4 Å². The number of ether oxygens (including phenoxy) is 1. The summed E-state index contributed by atoms with van der Waals surface area (Å²) in [6.07, 6.45) is 0. The highest BCUT2D eigenvalue weighted by molar-refractivity contribution is 6.04. The molecule has 37 heavy (non-hydrogen) atoms. The van der Waals surface area contributed by atoms with Crippen LogP contribution < -0.4 is 15.0 Å². The Morgan fingerprint density at radius 3 is 2.32 bits per heavy atom. The van der Waals surface area contributed by atoms with Crippen LogP contribution in [0.5, 0.6) is 5.75 Å². The molecular formula is C29H32N6O2. The number of nitrogens with zero attached hydrogens (tertiary/aromatic N) is 4. The number of hydrogen-bond acceptors (Lipinski definition) is 6. The summed E-state index contributed by atoms with van der Waals surface area (Å²) < 4.78 is 5.59. The van der Waals surface area contributed by atoms with E-state index < -0.39 is 0 Å². The predicted octanol–water partition coefficient (Wildman–Crippen LogP) is 4.77. The Hall–Kier alpha value is -4.17. The lowest BCUT2D eigenvalue weighted by Gasteiger charge is -2.34. The van der Waals surface area contributed by atoms with Gasteiger partial charge in [-0.3, -0.25) is 9.89 Å². The van der Waals surface area contributed by atoms with E-state index in [9.17, 15) is 4.79 Å². The van der Waals surface area contributed by atoms with Crippen LogP contribution in [0.15, 0.2) is 60.7 Å². The lowest BCUT2D eigenvalue weighted by Crippen LogP contribution is -2.44. The number of hydrogen-bond donors (Lipinski definition) is 2. The van der Waals surface area contributed by atoms with E-state index in [0.717, 1.165) is 71.4 Å². The zero-order valence-corrected chi connectivity index (χ0v) is 21.7. The van der Waals surface area contributed by atoms with Crippen LogP contribution in [-0.2, 0) is 0 Å². The number of benzene rings is 3. The molecule has 1 amide bonds. The molecule has 8 heteroatoms. The van der Waals surface area contributed by atoms with E-state index in [1.165, 1.54) is 0 Å². The average Bonchev–Trinajstić information content (AvgIpc) is 3.35. The van der Waals surface area contributed by atoms with Crippen molar-refractivity contribution in [1.82, 2.24) is 20.1 Å². The molecule has 0 atom stereocenters. The van der Waals surface area contributed by atoms with E-state index in [1.807, 2.05) is 55.5 Å². The molecule has 0 radical (unpaired) electrons. The Balaban J connectivity index is 1.30. The zero-order valence-electron chi connectivity index (χ0n) is 21.7. The van der Waals surface area contributed by atoms with Crippen molar-refractivity contribution in [2.45, 2.75) is 13.8 Å². The predicted molar refractivity (Wildman–Crippen MR) is 147 cm³/mol. The Morgan fingerprint density at radius 2 is 1.68 bits per heavy atom. The number of anilines is 2. The molecule has 190 valence electrons. The van der Waals surface area contributed by atoms with Crippen molar-refractivity contribution in [1.29, 1.82) is 0 Å². The Bertz CT molecular complexity index is 1400. The van der Waals surface area contributed by atoms with Crippen LogP contribution >= 0.6 is 0 Å². The number of aryl methyl sites for hydroxylation is 2. The largest absolute Gasteiger partial charge is 0.495 e. The van der Waals surface area contributed by atoms with E-state index in [-0.39, 0.29) is 5.91 Å². The van der Waals surface area contributed by atoms with Crippen molar-refractivity contribution in [3.8, 4) is 28.3 Å². The summed E-state index contributed by atoms with van der Waals surface area (Å²) in [5.74, 6) is 2.14. The van der Waals surface area contributed by atoms with Gasteiger partial charge >= 0.3 is 0 Å². The summed E-state index contributed by atoms with van der Waals surface area (Å²) in [5, 5.41) is 10.2. The van der Waals surface area contributed by atoms with Gasteiger partial charge in [0.2, 0.25) is 0 Å². The Morgan fingerprint density at radius 1 is 0.946 bits per heavy atom. The summed E-state index contributed by atoms with van der Waals surface area (Å²) in [6.45, 7) is 7.78. The van der Waals surface area contributed by atoms with Crippen LogP contribution in [0.25, 0.3) is 22.5 Å². The maximum absolute atomic E-state index is 13.0. The second kappa shape index (κ2) is 10.4. The second-order valence-corrected chi connectivity index (χ2v) is 9.48. The normalized spacial score (nSPS) is 14.0. The van der Waals surface area contributed by atoms with E-state index in [1.54, 1.807) is 7.11 Å². The Labute approximate surface area is 217 Å². The number of carbonyl (C=O) groups excluding carboxylic acids is 1. The van der Waals surface area contributed by atoms with Crippen molar-refractivity contribution >= 4 is 17.3 Å². The Kier molecular flexibility index (Phi) is 6.92. The summed E-state index contributed by atoms with van der Waals surface area (Å²) in [5.41, 5.74) is 6.60. The van der Waals surface area contributed by atoms with Gasteiger partial charge in [-0.15, -0.1) is 0 Å². The molecule has 1 aliphatic rings. The highest BCUT2D eigenvalue weighted by atomic mass is 16.5. The first kappa shape index (κ1) is 24.5. The maximum Gasteiger partial charge on any atom is 0.255 e. The van der Waals surface area contributed by atoms with Gasteiger partial charge in [-0.25, -0.2) is 4.98 Å². The molecule has 5 rings (SSSR count). The summed E-state index contributed by atoms with van der Waals surface area (Å²) in [7, 11) is 3.81. The number of amides is 1. The fourth-order valence-corrected chi connectivity index (χ4v) is 4.67. The first-order valence-electron chi connectivity index (χ1n) is 12.4. The van der Waals surface area contributed by atoms with Gasteiger partial charge in [0.1, 0.15) is 11.6 Å². The lowest BCUT2D eigenvalue weighted by molar-refractivity contribution is 0.102. The number of rotatable bonds is 6. The minimum atomic E-state index is -0.145. The molecular weight excluding hydrogens is 464 g/mol. The molecule has 0 spiro atoms. The summed E-state index contributed by atoms with van der Waals surface area (Å²) >= 11 is 0.